The predicted molar refractivity (Wildman–Crippen MR) is 110 cm³/mol. The molecule has 1 heterocycles. The summed E-state index contributed by atoms with van der Waals surface area (Å²) in [6, 6.07) is 0. The van der Waals surface area contributed by atoms with Crippen molar-refractivity contribution in [1.82, 2.24) is 15.2 Å². The average molecular weight is 384 g/mol. The first-order valence-electron chi connectivity index (χ1n) is 11.3. The second kappa shape index (κ2) is 5.87. The summed E-state index contributed by atoms with van der Waals surface area (Å²) in [4.78, 5) is 5.02. The van der Waals surface area contributed by atoms with E-state index in [-0.39, 0.29) is 0 Å². The third kappa shape index (κ3) is 2.61. The van der Waals surface area contributed by atoms with Gasteiger partial charge in [0.05, 0.1) is 0 Å². The molecule has 7 aliphatic rings. The maximum atomic E-state index is 5.02. The Morgan fingerprint density at radius 2 is 1.78 bits per heavy atom. The van der Waals surface area contributed by atoms with E-state index < -0.39 is 0 Å². The Hall–Kier alpha value is -0.770. The first kappa shape index (κ1) is 17.1. The fraction of sp³-hybridized carbons (Fsp3) is 0.826. The molecule has 5 saturated carbocycles. The van der Waals surface area contributed by atoms with Gasteiger partial charge in [-0.15, -0.1) is 5.10 Å². The molecular formula is C23H33N3S. The van der Waals surface area contributed by atoms with Gasteiger partial charge in [-0.2, -0.15) is 0 Å². The van der Waals surface area contributed by atoms with Crippen molar-refractivity contribution >= 4 is 11.8 Å². The summed E-state index contributed by atoms with van der Waals surface area (Å²) in [6.45, 7) is 4.94. The largest absolute Gasteiger partial charge is 0.262 e. The summed E-state index contributed by atoms with van der Waals surface area (Å²) in [5.41, 5.74) is 2.61. The van der Waals surface area contributed by atoms with Gasteiger partial charge in [0.2, 0.25) is 5.16 Å². The van der Waals surface area contributed by atoms with Gasteiger partial charge >= 0.3 is 0 Å². The monoisotopic (exact) mass is 383 g/mol. The Labute approximate surface area is 167 Å². The lowest BCUT2D eigenvalue weighted by Gasteiger charge is -2.56. The first-order valence-corrected chi connectivity index (χ1v) is 12.2. The fourth-order valence-corrected chi connectivity index (χ4v) is 8.75. The van der Waals surface area contributed by atoms with Gasteiger partial charge in [0.15, 0.2) is 0 Å². The van der Waals surface area contributed by atoms with Crippen LogP contribution < -0.4 is 0 Å². The highest BCUT2D eigenvalue weighted by molar-refractivity contribution is 7.99. The topological polar surface area (TPSA) is 41.6 Å². The number of H-pyrrole nitrogens is 1. The maximum absolute atomic E-state index is 5.02. The van der Waals surface area contributed by atoms with Gasteiger partial charge < -0.3 is 0 Å². The van der Waals surface area contributed by atoms with E-state index in [1.165, 1.54) is 63.6 Å². The summed E-state index contributed by atoms with van der Waals surface area (Å²) in [5, 5.41) is 8.99. The van der Waals surface area contributed by atoms with Gasteiger partial charge in [0, 0.05) is 11.2 Å². The first-order chi connectivity index (χ1) is 13.0. The minimum absolute atomic E-state index is 0.345. The predicted octanol–water partition coefficient (Wildman–Crippen LogP) is 5.75. The molecule has 1 aromatic heterocycles. The molecule has 0 unspecified atom stereocenters. The molecule has 8 rings (SSSR count). The molecule has 0 spiro atoms. The van der Waals surface area contributed by atoms with Gasteiger partial charge in [-0.25, -0.2) is 4.98 Å². The number of nitrogens with zero attached hydrogens (tertiary/aromatic N) is 2. The molecule has 1 N–H and O–H groups in total. The third-order valence-corrected chi connectivity index (χ3v) is 10.1. The van der Waals surface area contributed by atoms with Crippen LogP contribution in [-0.4, -0.2) is 20.9 Å². The Morgan fingerprint density at radius 1 is 1.07 bits per heavy atom. The summed E-state index contributed by atoms with van der Waals surface area (Å²) in [7, 11) is 0. The molecule has 5 fully saturated rings. The lowest BCUT2D eigenvalue weighted by atomic mass is 9.48. The van der Waals surface area contributed by atoms with Crippen LogP contribution in [0, 0.1) is 35.0 Å². The normalized spacial score (nSPS) is 43.5. The molecule has 0 aliphatic heterocycles. The molecule has 2 atom stereocenters. The highest BCUT2D eigenvalue weighted by Gasteiger charge is 2.53. The quantitative estimate of drug-likeness (QED) is 0.520. The van der Waals surface area contributed by atoms with Crippen LogP contribution in [0.15, 0.2) is 16.8 Å². The van der Waals surface area contributed by atoms with Crippen molar-refractivity contribution in [3.05, 3.63) is 17.5 Å². The van der Waals surface area contributed by atoms with E-state index in [4.69, 9.17) is 4.98 Å². The van der Waals surface area contributed by atoms with Crippen molar-refractivity contribution in [2.45, 2.75) is 82.2 Å². The number of thioether (sulfide) groups is 1. The minimum Gasteiger partial charge on any atom is -0.262 e. The number of fused-ring (bicyclic) bond motifs is 1. The minimum atomic E-state index is 0.345. The highest BCUT2D eigenvalue weighted by Crippen LogP contribution is 2.61. The molecule has 6 bridgehead atoms. The van der Waals surface area contributed by atoms with Gasteiger partial charge in [0.1, 0.15) is 5.82 Å². The van der Waals surface area contributed by atoms with Crippen LogP contribution in [0.3, 0.4) is 0 Å². The van der Waals surface area contributed by atoms with Gasteiger partial charge in [-0.3, -0.25) is 5.10 Å². The van der Waals surface area contributed by atoms with Crippen molar-refractivity contribution in [2.75, 3.05) is 5.75 Å². The lowest BCUT2D eigenvalue weighted by molar-refractivity contribution is -0.00931. The van der Waals surface area contributed by atoms with Gasteiger partial charge in [0.25, 0.3) is 0 Å². The van der Waals surface area contributed by atoms with Crippen LogP contribution in [-0.2, 0) is 5.41 Å². The van der Waals surface area contributed by atoms with Crippen molar-refractivity contribution < 1.29 is 0 Å². The van der Waals surface area contributed by atoms with E-state index >= 15 is 0 Å². The van der Waals surface area contributed by atoms with E-state index in [1.807, 2.05) is 11.8 Å². The molecule has 1 aromatic rings. The van der Waals surface area contributed by atoms with E-state index in [2.05, 4.69) is 30.1 Å². The zero-order chi connectivity index (χ0) is 18.2. The van der Waals surface area contributed by atoms with Crippen molar-refractivity contribution in [2.24, 2.45) is 35.0 Å². The summed E-state index contributed by atoms with van der Waals surface area (Å²) in [6.07, 6.45) is 15.1. The molecule has 3 nitrogen and oxygen atoms in total. The number of aromatic nitrogens is 3. The molecule has 0 saturated heterocycles. The Kier molecular flexibility index (Phi) is 3.72. The van der Waals surface area contributed by atoms with Crippen LogP contribution >= 0.6 is 11.8 Å². The third-order valence-electron chi connectivity index (χ3n) is 9.21. The van der Waals surface area contributed by atoms with Crippen molar-refractivity contribution in [3.8, 4) is 0 Å². The zero-order valence-corrected chi connectivity index (χ0v) is 17.7. The van der Waals surface area contributed by atoms with Gasteiger partial charge in [-0.05, 0) is 92.8 Å². The molecular weight excluding hydrogens is 350 g/mol. The Morgan fingerprint density at radius 3 is 2.41 bits per heavy atom. The van der Waals surface area contributed by atoms with E-state index in [0.29, 0.717) is 10.8 Å². The number of hydrogen-bond acceptors (Lipinski definition) is 3. The second-order valence-corrected chi connectivity index (χ2v) is 12.1. The summed E-state index contributed by atoms with van der Waals surface area (Å²) in [5.74, 6) is 7.02. The molecule has 0 amide bonds. The molecule has 146 valence electrons. The number of rotatable bonds is 5. The smallest absolute Gasteiger partial charge is 0.208 e. The standard InChI is InChI=1S/C23H33N3S/c1-22(2)18-4-3-17(19(22)10-18)5-6-27-21-24-20(25-26-21)23-11-14-7-15(12-23)9-16(8-14)13-23/h3,14-16,18-19H,4-13H2,1-2H3,(H,24,25,26)/t14?,15?,16?,18-,19-,23?/m0/s1. The average Bonchev–Trinajstić information content (AvgIpc) is 3.10. The molecule has 7 aliphatic carbocycles. The Balaban J connectivity index is 1.10. The van der Waals surface area contributed by atoms with E-state index in [1.54, 1.807) is 5.57 Å². The number of nitrogens with one attached hydrogen (secondary N) is 1. The number of allylic oxidation sites excluding steroid dienone is 2. The zero-order valence-electron chi connectivity index (χ0n) is 16.8. The van der Waals surface area contributed by atoms with Gasteiger partial charge in [-0.1, -0.05) is 37.3 Å². The number of aromatic amines is 1. The fourth-order valence-electron chi connectivity index (χ4n) is 7.97. The maximum Gasteiger partial charge on any atom is 0.208 e. The van der Waals surface area contributed by atoms with E-state index in [0.717, 1.165) is 40.5 Å². The van der Waals surface area contributed by atoms with Crippen molar-refractivity contribution in [1.29, 1.82) is 0 Å². The summed E-state index contributed by atoms with van der Waals surface area (Å²) >= 11 is 1.86. The van der Waals surface area contributed by atoms with Crippen LogP contribution in [0.1, 0.15) is 77.5 Å². The SMILES string of the molecule is CC1(C)[C@H]2CC=C(CCSc3n[nH]c(C45CC6CC(CC(C6)C4)C5)n3)[C@@H]1C2. The Bertz CT molecular complexity index is 741. The highest BCUT2D eigenvalue weighted by atomic mass is 32.2. The molecule has 27 heavy (non-hydrogen) atoms. The van der Waals surface area contributed by atoms with Crippen LogP contribution in [0.2, 0.25) is 0 Å². The van der Waals surface area contributed by atoms with Crippen LogP contribution in [0.25, 0.3) is 0 Å². The van der Waals surface area contributed by atoms with Crippen molar-refractivity contribution in [3.63, 3.8) is 0 Å². The molecule has 0 aromatic carbocycles. The molecule has 4 heteroatoms. The lowest BCUT2D eigenvalue weighted by Crippen LogP contribution is -2.49. The molecule has 0 radical (unpaired) electrons. The summed E-state index contributed by atoms with van der Waals surface area (Å²) < 4.78 is 0. The van der Waals surface area contributed by atoms with E-state index in [9.17, 15) is 0 Å². The van der Waals surface area contributed by atoms with Crippen LogP contribution in [0.5, 0.6) is 0 Å². The second-order valence-electron chi connectivity index (χ2n) is 11.1. The van der Waals surface area contributed by atoms with Crippen LogP contribution in [0.4, 0.5) is 0 Å². The number of hydrogen-bond donors (Lipinski definition) is 1.